The normalized spacial score (nSPS) is 9.82. The topological polar surface area (TPSA) is 59.0 Å². The maximum absolute atomic E-state index is 8.83. The number of nitriles is 1. The Morgan fingerprint density at radius 3 is 2.94 bits per heavy atom. The SMILES string of the molecule is N#Cc1cc(OCCc2cccs2)ccc1N. The number of nitrogen functional groups attached to an aromatic ring is 1. The molecule has 0 amide bonds. The number of anilines is 1. The van der Waals surface area contributed by atoms with E-state index in [2.05, 4.69) is 6.07 Å². The van der Waals surface area contributed by atoms with Crippen molar-refractivity contribution in [3.63, 3.8) is 0 Å². The minimum absolute atomic E-state index is 0.457. The second kappa shape index (κ2) is 5.37. The third kappa shape index (κ3) is 2.99. The Bertz CT molecular complexity index is 529. The molecule has 2 aromatic rings. The molecule has 86 valence electrons. The van der Waals surface area contributed by atoms with E-state index in [1.807, 2.05) is 17.5 Å². The van der Waals surface area contributed by atoms with Crippen LogP contribution in [0, 0.1) is 11.3 Å². The number of ether oxygens (including phenoxy) is 1. The van der Waals surface area contributed by atoms with Crippen LogP contribution in [0.4, 0.5) is 5.69 Å². The zero-order chi connectivity index (χ0) is 12.1. The van der Waals surface area contributed by atoms with E-state index in [1.165, 1.54) is 4.88 Å². The molecule has 1 aromatic carbocycles. The maximum atomic E-state index is 8.83. The van der Waals surface area contributed by atoms with Crippen LogP contribution >= 0.6 is 11.3 Å². The second-order valence-corrected chi connectivity index (χ2v) is 4.57. The summed E-state index contributed by atoms with van der Waals surface area (Å²) in [6.07, 6.45) is 0.879. The zero-order valence-corrected chi connectivity index (χ0v) is 10.0. The quantitative estimate of drug-likeness (QED) is 0.841. The Hall–Kier alpha value is -1.99. The molecule has 0 radical (unpaired) electrons. The molecule has 1 heterocycles. The second-order valence-electron chi connectivity index (χ2n) is 3.54. The molecule has 0 atom stereocenters. The molecule has 0 aliphatic carbocycles. The van der Waals surface area contributed by atoms with Crippen LogP contribution in [0.2, 0.25) is 0 Å². The van der Waals surface area contributed by atoms with E-state index in [4.69, 9.17) is 15.7 Å². The largest absolute Gasteiger partial charge is 0.493 e. The van der Waals surface area contributed by atoms with Gasteiger partial charge in [-0.05, 0) is 29.6 Å². The van der Waals surface area contributed by atoms with Gasteiger partial charge in [0.25, 0.3) is 0 Å². The van der Waals surface area contributed by atoms with Gasteiger partial charge >= 0.3 is 0 Å². The molecule has 4 heteroatoms. The highest BCUT2D eigenvalue weighted by Gasteiger charge is 2.01. The molecule has 0 saturated carbocycles. The molecular formula is C13H12N2OS. The number of hydrogen-bond acceptors (Lipinski definition) is 4. The summed E-state index contributed by atoms with van der Waals surface area (Å²) >= 11 is 1.72. The molecule has 1 aromatic heterocycles. The third-order valence-corrected chi connectivity index (χ3v) is 3.28. The highest BCUT2D eigenvalue weighted by molar-refractivity contribution is 7.09. The van der Waals surface area contributed by atoms with Crippen LogP contribution < -0.4 is 10.5 Å². The highest BCUT2D eigenvalue weighted by Crippen LogP contribution is 2.19. The van der Waals surface area contributed by atoms with Gasteiger partial charge in [0.05, 0.1) is 12.2 Å². The van der Waals surface area contributed by atoms with Gasteiger partial charge in [0.15, 0.2) is 0 Å². The van der Waals surface area contributed by atoms with Crippen molar-refractivity contribution < 1.29 is 4.74 Å². The molecule has 3 nitrogen and oxygen atoms in total. The van der Waals surface area contributed by atoms with Crippen molar-refractivity contribution in [2.75, 3.05) is 12.3 Å². The predicted molar refractivity (Wildman–Crippen MR) is 69.1 cm³/mol. The van der Waals surface area contributed by atoms with Gasteiger partial charge in [0, 0.05) is 17.0 Å². The van der Waals surface area contributed by atoms with Crippen LogP contribution in [-0.2, 0) is 6.42 Å². The number of benzene rings is 1. The number of nitrogens with zero attached hydrogens (tertiary/aromatic N) is 1. The van der Waals surface area contributed by atoms with Crippen molar-refractivity contribution in [1.29, 1.82) is 5.26 Å². The smallest absolute Gasteiger partial charge is 0.120 e. The Kier molecular flexibility index (Phi) is 3.63. The fourth-order valence-corrected chi connectivity index (χ4v) is 2.14. The van der Waals surface area contributed by atoms with Gasteiger partial charge in [0.1, 0.15) is 11.8 Å². The summed E-state index contributed by atoms with van der Waals surface area (Å²) in [5.74, 6) is 0.687. The summed E-state index contributed by atoms with van der Waals surface area (Å²) in [6, 6.07) is 11.3. The molecule has 0 aliphatic heterocycles. The molecule has 0 saturated heterocycles. The molecular weight excluding hydrogens is 232 g/mol. The first-order valence-electron chi connectivity index (χ1n) is 5.24. The summed E-state index contributed by atoms with van der Waals surface area (Å²) in [7, 11) is 0. The van der Waals surface area contributed by atoms with Gasteiger partial charge < -0.3 is 10.5 Å². The Morgan fingerprint density at radius 1 is 1.35 bits per heavy atom. The van der Waals surface area contributed by atoms with Gasteiger partial charge in [-0.25, -0.2) is 0 Å². The summed E-state index contributed by atoms with van der Waals surface area (Å²) < 4.78 is 5.58. The van der Waals surface area contributed by atoms with Crippen molar-refractivity contribution in [1.82, 2.24) is 0 Å². The molecule has 0 bridgehead atoms. The average Bonchev–Trinajstić information content (AvgIpc) is 2.84. The fourth-order valence-electron chi connectivity index (χ4n) is 1.45. The van der Waals surface area contributed by atoms with Crippen LogP contribution in [0.5, 0.6) is 5.75 Å². The van der Waals surface area contributed by atoms with Gasteiger partial charge in [0.2, 0.25) is 0 Å². The summed E-state index contributed by atoms with van der Waals surface area (Å²) in [5, 5.41) is 10.9. The maximum Gasteiger partial charge on any atom is 0.120 e. The van der Waals surface area contributed by atoms with E-state index in [1.54, 1.807) is 29.5 Å². The van der Waals surface area contributed by atoms with Crippen molar-refractivity contribution in [3.8, 4) is 11.8 Å². The minimum Gasteiger partial charge on any atom is -0.493 e. The van der Waals surface area contributed by atoms with Crippen molar-refractivity contribution in [2.45, 2.75) is 6.42 Å². The number of nitrogens with two attached hydrogens (primary N) is 1. The van der Waals surface area contributed by atoms with E-state index in [-0.39, 0.29) is 0 Å². The lowest BCUT2D eigenvalue weighted by molar-refractivity contribution is 0.323. The summed E-state index contributed by atoms with van der Waals surface area (Å²) in [6.45, 7) is 0.606. The van der Waals surface area contributed by atoms with Crippen molar-refractivity contribution >= 4 is 17.0 Å². The van der Waals surface area contributed by atoms with Gasteiger partial charge in [-0.15, -0.1) is 11.3 Å². The lowest BCUT2D eigenvalue weighted by Crippen LogP contribution is -2.01. The standard InChI is InChI=1S/C13H12N2OS/c14-9-10-8-11(3-4-13(10)15)16-6-5-12-2-1-7-17-12/h1-4,7-8H,5-6,15H2. The Balaban J connectivity index is 1.93. The molecule has 0 aliphatic rings. The minimum atomic E-state index is 0.457. The summed E-state index contributed by atoms with van der Waals surface area (Å²) in [5.41, 5.74) is 6.57. The van der Waals surface area contributed by atoms with Crippen LogP contribution in [-0.4, -0.2) is 6.61 Å². The lowest BCUT2D eigenvalue weighted by atomic mass is 10.2. The van der Waals surface area contributed by atoms with Gasteiger partial charge in [-0.3, -0.25) is 0 Å². The first kappa shape index (κ1) is 11.5. The predicted octanol–water partition coefficient (Wildman–Crippen LogP) is 2.82. The Labute approximate surface area is 104 Å². The molecule has 2 N–H and O–H groups in total. The monoisotopic (exact) mass is 244 g/mol. The van der Waals surface area contributed by atoms with E-state index >= 15 is 0 Å². The van der Waals surface area contributed by atoms with Crippen molar-refractivity contribution in [2.24, 2.45) is 0 Å². The molecule has 2 rings (SSSR count). The van der Waals surface area contributed by atoms with Crippen LogP contribution in [0.1, 0.15) is 10.4 Å². The van der Waals surface area contributed by atoms with Crippen LogP contribution in [0.25, 0.3) is 0 Å². The lowest BCUT2D eigenvalue weighted by Gasteiger charge is -2.06. The first-order chi connectivity index (χ1) is 8.29. The molecule has 0 unspecified atom stereocenters. The average molecular weight is 244 g/mol. The molecule has 17 heavy (non-hydrogen) atoms. The van der Waals surface area contributed by atoms with Gasteiger partial charge in [-0.2, -0.15) is 5.26 Å². The third-order valence-electron chi connectivity index (χ3n) is 2.34. The van der Waals surface area contributed by atoms with Crippen LogP contribution in [0.3, 0.4) is 0 Å². The van der Waals surface area contributed by atoms with E-state index < -0.39 is 0 Å². The van der Waals surface area contributed by atoms with E-state index in [0.717, 1.165) is 6.42 Å². The van der Waals surface area contributed by atoms with Crippen molar-refractivity contribution in [3.05, 3.63) is 46.2 Å². The molecule has 0 spiro atoms. The zero-order valence-electron chi connectivity index (χ0n) is 9.22. The van der Waals surface area contributed by atoms with Gasteiger partial charge in [-0.1, -0.05) is 6.07 Å². The Morgan fingerprint density at radius 2 is 2.24 bits per heavy atom. The summed E-state index contributed by atoms with van der Waals surface area (Å²) in [4.78, 5) is 1.29. The van der Waals surface area contributed by atoms with E-state index in [0.29, 0.717) is 23.6 Å². The highest BCUT2D eigenvalue weighted by atomic mass is 32.1. The van der Waals surface area contributed by atoms with E-state index in [9.17, 15) is 0 Å². The molecule has 0 fully saturated rings. The fraction of sp³-hybridized carbons (Fsp3) is 0.154. The van der Waals surface area contributed by atoms with Crippen LogP contribution in [0.15, 0.2) is 35.7 Å². The number of thiophene rings is 1. The number of hydrogen-bond donors (Lipinski definition) is 1. The first-order valence-corrected chi connectivity index (χ1v) is 6.12. The number of rotatable bonds is 4.